The Morgan fingerprint density at radius 3 is 2.47 bits per heavy atom. The van der Waals surface area contributed by atoms with Crippen molar-refractivity contribution in [2.75, 3.05) is 0 Å². The zero-order valence-corrected chi connectivity index (χ0v) is 11.9. The maximum absolute atomic E-state index is 10.6. The maximum Gasteiger partial charge on any atom is 0.346 e. The summed E-state index contributed by atoms with van der Waals surface area (Å²) in [7, 11) is 0. The smallest absolute Gasteiger partial charge is 0.346 e. The summed E-state index contributed by atoms with van der Waals surface area (Å²) in [5.41, 5.74) is 0.704. The Kier molecular flexibility index (Phi) is 10.2. The van der Waals surface area contributed by atoms with E-state index in [1.54, 1.807) is 12.1 Å². The molecular formula is C16H23NO2. The Hall–Kier alpha value is -1.82. The van der Waals surface area contributed by atoms with Crippen molar-refractivity contribution in [2.45, 2.75) is 52.4 Å². The zero-order chi connectivity index (χ0) is 14.5. The third-order valence-electron chi connectivity index (χ3n) is 2.72. The van der Waals surface area contributed by atoms with Gasteiger partial charge in [-0.05, 0) is 25.8 Å². The fourth-order valence-electron chi connectivity index (χ4n) is 1.56. The lowest BCUT2D eigenvalue weighted by Gasteiger charge is -1.96. The van der Waals surface area contributed by atoms with Gasteiger partial charge in [-0.1, -0.05) is 56.4 Å². The number of allylic oxidation sites excluding steroid dienone is 5. The number of rotatable bonds is 9. The quantitative estimate of drug-likeness (QED) is 0.290. The molecular weight excluding hydrogens is 238 g/mol. The highest BCUT2D eigenvalue weighted by atomic mass is 16.4. The second-order valence-corrected chi connectivity index (χ2v) is 4.51. The first-order chi connectivity index (χ1) is 9.11. The van der Waals surface area contributed by atoms with Gasteiger partial charge >= 0.3 is 5.97 Å². The lowest BCUT2D eigenvalue weighted by atomic mass is 10.1. The van der Waals surface area contributed by atoms with E-state index in [1.165, 1.54) is 38.2 Å². The van der Waals surface area contributed by atoms with E-state index >= 15 is 0 Å². The van der Waals surface area contributed by atoms with Gasteiger partial charge in [-0.25, -0.2) is 4.79 Å². The topological polar surface area (TPSA) is 61.1 Å². The third kappa shape index (κ3) is 9.84. The molecule has 0 saturated carbocycles. The number of hydrogen-bond donors (Lipinski definition) is 1. The van der Waals surface area contributed by atoms with Crippen LogP contribution in [0.5, 0.6) is 0 Å². The number of nitriles is 1. The van der Waals surface area contributed by atoms with Gasteiger partial charge in [0, 0.05) is 0 Å². The van der Waals surface area contributed by atoms with E-state index in [0.717, 1.165) is 12.0 Å². The molecule has 0 atom stereocenters. The van der Waals surface area contributed by atoms with E-state index in [0.29, 0.717) is 0 Å². The highest BCUT2D eigenvalue weighted by Gasteiger charge is 2.02. The van der Waals surface area contributed by atoms with E-state index in [-0.39, 0.29) is 5.57 Å². The largest absolute Gasteiger partial charge is 0.477 e. The molecule has 0 aliphatic heterocycles. The lowest BCUT2D eigenvalue weighted by molar-refractivity contribution is -0.132. The standard InChI is InChI=1S/C16H23NO2/c1-3-4-5-6-7-8-9-10-14(2)11-12-15(13-17)16(18)19/h9-12H,3-8H2,1-2H3,(H,18,19)/b10-9+,14-11+,15-12+. The first-order valence-electron chi connectivity index (χ1n) is 6.80. The van der Waals surface area contributed by atoms with Crippen LogP contribution >= 0.6 is 0 Å². The Morgan fingerprint density at radius 2 is 1.89 bits per heavy atom. The Bertz CT molecular complexity index is 397. The van der Waals surface area contributed by atoms with Crippen molar-refractivity contribution < 1.29 is 9.90 Å². The number of carboxylic acids is 1. The maximum atomic E-state index is 10.6. The normalized spacial score (nSPS) is 12.7. The van der Waals surface area contributed by atoms with E-state index in [4.69, 9.17) is 10.4 Å². The van der Waals surface area contributed by atoms with Gasteiger partial charge in [0.2, 0.25) is 0 Å². The molecule has 0 aliphatic carbocycles. The van der Waals surface area contributed by atoms with Crippen LogP contribution in [0, 0.1) is 11.3 Å². The van der Waals surface area contributed by atoms with Crippen molar-refractivity contribution in [1.29, 1.82) is 5.26 Å². The fraction of sp³-hybridized carbons (Fsp3) is 0.500. The third-order valence-corrected chi connectivity index (χ3v) is 2.72. The first kappa shape index (κ1) is 17.2. The minimum atomic E-state index is -1.19. The van der Waals surface area contributed by atoms with E-state index in [1.807, 2.05) is 13.0 Å². The molecule has 0 aromatic carbocycles. The molecule has 0 bridgehead atoms. The van der Waals surface area contributed by atoms with Crippen molar-refractivity contribution in [2.24, 2.45) is 0 Å². The molecule has 3 nitrogen and oxygen atoms in total. The summed E-state index contributed by atoms with van der Waals surface area (Å²) in [5, 5.41) is 17.2. The van der Waals surface area contributed by atoms with Crippen LogP contribution in [-0.4, -0.2) is 11.1 Å². The van der Waals surface area contributed by atoms with Gasteiger partial charge < -0.3 is 5.11 Å². The average molecular weight is 261 g/mol. The predicted octanol–water partition coefficient (Wildman–Crippen LogP) is 4.38. The van der Waals surface area contributed by atoms with Crippen LogP contribution in [0.25, 0.3) is 0 Å². The molecule has 0 heterocycles. The van der Waals surface area contributed by atoms with Crippen molar-refractivity contribution >= 4 is 5.97 Å². The van der Waals surface area contributed by atoms with E-state index in [2.05, 4.69) is 13.0 Å². The van der Waals surface area contributed by atoms with Crippen molar-refractivity contribution in [1.82, 2.24) is 0 Å². The van der Waals surface area contributed by atoms with Crippen molar-refractivity contribution in [3.63, 3.8) is 0 Å². The molecule has 0 fully saturated rings. The Morgan fingerprint density at radius 1 is 1.21 bits per heavy atom. The summed E-state index contributed by atoms with van der Waals surface area (Å²) in [6.45, 7) is 4.09. The number of hydrogen-bond acceptors (Lipinski definition) is 2. The second-order valence-electron chi connectivity index (χ2n) is 4.51. The molecule has 104 valence electrons. The highest BCUT2D eigenvalue weighted by molar-refractivity contribution is 5.91. The molecule has 19 heavy (non-hydrogen) atoms. The Balaban J connectivity index is 4.05. The summed E-state index contributed by atoms with van der Waals surface area (Å²) in [6, 6.07) is 1.65. The highest BCUT2D eigenvalue weighted by Crippen LogP contribution is 2.06. The summed E-state index contributed by atoms with van der Waals surface area (Å²) in [6.07, 6.45) is 14.4. The predicted molar refractivity (Wildman–Crippen MR) is 77.6 cm³/mol. The molecule has 0 saturated heterocycles. The number of nitrogens with zero attached hydrogens (tertiary/aromatic N) is 1. The van der Waals surface area contributed by atoms with Gasteiger partial charge in [-0.15, -0.1) is 0 Å². The van der Waals surface area contributed by atoms with Crippen LogP contribution in [0.4, 0.5) is 0 Å². The lowest BCUT2D eigenvalue weighted by Crippen LogP contribution is -1.96. The molecule has 0 aromatic rings. The second kappa shape index (κ2) is 11.3. The Labute approximate surface area is 115 Å². The van der Waals surface area contributed by atoms with Crippen LogP contribution in [-0.2, 0) is 4.79 Å². The molecule has 1 N–H and O–H groups in total. The molecule has 0 spiro atoms. The summed E-state index contributed by atoms with van der Waals surface area (Å²) in [4.78, 5) is 10.6. The number of aliphatic carboxylic acids is 1. The van der Waals surface area contributed by atoms with Gasteiger partial charge in [0.25, 0.3) is 0 Å². The first-order valence-corrected chi connectivity index (χ1v) is 6.80. The van der Waals surface area contributed by atoms with Crippen molar-refractivity contribution in [3.05, 3.63) is 35.5 Å². The molecule has 0 unspecified atom stereocenters. The molecule has 0 aliphatic rings. The zero-order valence-electron chi connectivity index (χ0n) is 11.9. The molecule has 0 aromatic heterocycles. The van der Waals surface area contributed by atoms with Gasteiger partial charge in [0.1, 0.15) is 11.6 Å². The number of carbonyl (C=O) groups is 1. The van der Waals surface area contributed by atoms with Crippen LogP contribution in [0.15, 0.2) is 35.5 Å². The molecule has 3 heteroatoms. The molecule has 0 rings (SSSR count). The van der Waals surface area contributed by atoms with Crippen LogP contribution in [0.3, 0.4) is 0 Å². The summed E-state index contributed by atoms with van der Waals surface area (Å²) in [5.74, 6) is -1.19. The van der Waals surface area contributed by atoms with E-state index in [9.17, 15) is 4.79 Å². The number of unbranched alkanes of at least 4 members (excludes halogenated alkanes) is 5. The van der Waals surface area contributed by atoms with Crippen molar-refractivity contribution in [3.8, 4) is 6.07 Å². The average Bonchev–Trinajstić information content (AvgIpc) is 2.38. The summed E-state index contributed by atoms with van der Waals surface area (Å²) < 4.78 is 0. The van der Waals surface area contributed by atoms with Gasteiger partial charge in [-0.2, -0.15) is 5.26 Å². The molecule has 0 radical (unpaired) electrons. The summed E-state index contributed by atoms with van der Waals surface area (Å²) >= 11 is 0. The SMILES string of the molecule is CCCCCCC/C=C/C(C)=C/C=C(\C#N)C(=O)O. The molecule has 0 amide bonds. The fourth-order valence-corrected chi connectivity index (χ4v) is 1.56. The van der Waals surface area contributed by atoms with Crippen LogP contribution < -0.4 is 0 Å². The monoisotopic (exact) mass is 261 g/mol. The van der Waals surface area contributed by atoms with Gasteiger partial charge in [0.05, 0.1) is 0 Å². The minimum Gasteiger partial charge on any atom is -0.477 e. The minimum absolute atomic E-state index is 0.243. The van der Waals surface area contributed by atoms with Gasteiger partial charge in [-0.3, -0.25) is 0 Å². The van der Waals surface area contributed by atoms with Crippen LogP contribution in [0.2, 0.25) is 0 Å². The van der Waals surface area contributed by atoms with Crippen LogP contribution in [0.1, 0.15) is 52.4 Å². The number of carboxylic acid groups (broad SMARTS) is 1. The van der Waals surface area contributed by atoms with E-state index < -0.39 is 5.97 Å². The van der Waals surface area contributed by atoms with Gasteiger partial charge in [0.15, 0.2) is 0 Å².